The summed E-state index contributed by atoms with van der Waals surface area (Å²) in [5.74, 6) is 3.22. The van der Waals surface area contributed by atoms with Crippen molar-refractivity contribution in [1.29, 1.82) is 0 Å². The van der Waals surface area contributed by atoms with Gasteiger partial charge < -0.3 is 25.2 Å². The van der Waals surface area contributed by atoms with E-state index in [1.54, 1.807) is 0 Å². The summed E-state index contributed by atoms with van der Waals surface area (Å²) in [6, 6.07) is 0. The van der Waals surface area contributed by atoms with E-state index in [9.17, 15) is 9.59 Å². The van der Waals surface area contributed by atoms with Crippen LogP contribution in [0.4, 0.5) is 4.79 Å². The zero-order valence-electron chi connectivity index (χ0n) is 35.0. The molecule has 0 aromatic heterocycles. The quantitative estimate of drug-likeness (QED) is 0.299. The second-order valence-corrected chi connectivity index (χ2v) is 18.3. The van der Waals surface area contributed by atoms with Gasteiger partial charge in [0.05, 0.1) is 0 Å². The third-order valence-electron chi connectivity index (χ3n) is 12.4. The van der Waals surface area contributed by atoms with E-state index in [1.807, 2.05) is 32.7 Å². The molecule has 9 nitrogen and oxygen atoms in total. The first-order chi connectivity index (χ1) is 23.6. The molecule has 0 unspecified atom stereocenters. The largest absolute Gasteiger partial charge is 0.444 e. The van der Waals surface area contributed by atoms with Crippen LogP contribution in [0.25, 0.3) is 0 Å². The molecule has 6 saturated heterocycles. The molecule has 0 atom stereocenters. The van der Waals surface area contributed by atoms with Gasteiger partial charge in [-0.1, -0.05) is 20.8 Å². The van der Waals surface area contributed by atoms with Gasteiger partial charge in [-0.05, 0) is 176 Å². The monoisotopic (exact) mass is 777 g/mol. The van der Waals surface area contributed by atoms with Crippen LogP contribution in [0.2, 0.25) is 0 Å². The van der Waals surface area contributed by atoms with Crippen molar-refractivity contribution in [1.82, 2.24) is 30.2 Å². The number of nitrogens with zero attached hydrogens (tertiary/aromatic N) is 4. The molecule has 0 bridgehead atoms. The molecule has 1 amide bonds. The summed E-state index contributed by atoms with van der Waals surface area (Å²) in [6.45, 7) is 31.2. The maximum atomic E-state index is 12.1. The lowest BCUT2D eigenvalue weighted by Gasteiger charge is -2.49. The van der Waals surface area contributed by atoms with Crippen LogP contribution in [0.3, 0.4) is 0 Å². The summed E-state index contributed by atoms with van der Waals surface area (Å²) in [6.07, 6.45) is 14.3. The molecule has 0 aromatic carbocycles. The zero-order chi connectivity index (χ0) is 36.8. The standard InChI is InChI=1S/C17H32N2O2.C12H24N2.C6H11NO.C6H13N.2ClH/c1-14-6-10-19(11-7-14)17(5)8-12-18(13-9-17)15(20)21-16(2,3)4;1-11-3-9-14(10-4-11)12(2)5-7-13-8-6-12;1-7-4-2-6(8)3-5-7;1-6-2-4-7-5-3-6;;/h14H,6-13H2,1-5H3;11,13H,3-10H2,1-2H3;2-5H2,1H3;6-7H,2-5H2,1H3;2*1H. The van der Waals surface area contributed by atoms with Crippen LogP contribution in [-0.2, 0) is 9.53 Å². The molecule has 6 fully saturated rings. The number of halogens is 2. The van der Waals surface area contributed by atoms with E-state index in [0.717, 1.165) is 69.6 Å². The Bertz CT molecular complexity index is 968. The predicted molar refractivity (Wildman–Crippen MR) is 223 cm³/mol. The molecular weight excluding hydrogens is 695 g/mol. The Morgan fingerprint density at radius 3 is 1.38 bits per heavy atom. The van der Waals surface area contributed by atoms with Crippen molar-refractivity contribution in [3.05, 3.63) is 0 Å². The lowest BCUT2D eigenvalue weighted by atomic mass is 9.85. The van der Waals surface area contributed by atoms with Gasteiger partial charge in [-0.15, -0.1) is 24.8 Å². The van der Waals surface area contributed by atoms with E-state index >= 15 is 0 Å². The topological polar surface area (TPSA) is 80.4 Å². The average molecular weight is 778 g/mol. The van der Waals surface area contributed by atoms with Crippen LogP contribution in [0, 0.1) is 17.8 Å². The van der Waals surface area contributed by atoms with E-state index < -0.39 is 5.60 Å². The highest BCUT2D eigenvalue weighted by molar-refractivity contribution is 5.85. The van der Waals surface area contributed by atoms with E-state index in [2.05, 4.69) is 60.0 Å². The fourth-order valence-corrected chi connectivity index (χ4v) is 8.03. The van der Waals surface area contributed by atoms with Crippen LogP contribution in [0.1, 0.15) is 132 Å². The van der Waals surface area contributed by atoms with Crippen molar-refractivity contribution >= 4 is 36.7 Å². The SMILES string of the molecule is CC1CCN(C2(C)CCN(C(=O)OC(C)(C)C)CC2)CC1.CC1CCN(C2(C)CCNCC2)CC1.CC1CCNCC1.CN1CCC(=O)CC1.Cl.Cl. The van der Waals surface area contributed by atoms with Gasteiger partial charge in [0.1, 0.15) is 11.4 Å². The third kappa shape index (κ3) is 17.8. The van der Waals surface area contributed by atoms with Gasteiger partial charge in [0.25, 0.3) is 0 Å². The fourth-order valence-electron chi connectivity index (χ4n) is 8.03. The highest BCUT2D eigenvalue weighted by Gasteiger charge is 2.39. The van der Waals surface area contributed by atoms with Gasteiger partial charge in [-0.3, -0.25) is 14.6 Å². The van der Waals surface area contributed by atoms with Crippen molar-refractivity contribution in [3.63, 3.8) is 0 Å². The van der Waals surface area contributed by atoms with Crippen LogP contribution in [-0.4, -0.2) is 134 Å². The van der Waals surface area contributed by atoms with E-state index in [1.165, 1.54) is 104 Å². The number of carbonyl (C=O) groups is 2. The Balaban J connectivity index is 0.000000375. The molecule has 308 valence electrons. The number of Topliss-reactive ketones (excluding diaryl/α,β-unsaturated/α-hetero) is 1. The Hall–Kier alpha value is -0.680. The number of ketones is 1. The number of hydrogen-bond donors (Lipinski definition) is 2. The molecule has 6 aliphatic rings. The number of carbonyl (C=O) groups excluding carboxylic acids is 2. The van der Waals surface area contributed by atoms with Gasteiger partial charge >= 0.3 is 6.09 Å². The van der Waals surface area contributed by atoms with Crippen molar-refractivity contribution in [2.45, 2.75) is 149 Å². The van der Waals surface area contributed by atoms with Crippen molar-refractivity contribution in [2.75, 3.05) is 85.6 Å². The average Bonchev–Trinajstić information content (AvgIpc) is 3.08. The minimum absolute atomic E-state index is 0. The highest BCUT2D eigenvalue weighted by Crippen LogP contribution is 2.33. The molecule has 11 heteroatoms. The van der Waals surface area contributed by atoms with E-state index in [-0.39, 0.29) is 36.4 Å². The van der Waals surface area contributed by atoms with Crippen LogP contribution in [0.5, 0.6) is 0 Å². The molecule has 0 aromatic rings. The molecule has 52 heavy (non-hydrogen) atoms. The number of piperidine rings is 6. The normalized spacial score (nSPS) is 25.3. The second kappa shape index (κ2) is 24.1. The zero-order valence-corrected chi connectivity index (χ0v) is 36.7. The minimum atomic E-state index is -0.402. The summed E-state index contributed by atoms with van der Waals surface area (Å²) < 4.78 is 5.48. The molecular formula is C41H82Cl2N6O3. The number of likely N-dealkylation sites (tertiary alicyclic amines) is 4. The third-order valence-corrected chi connectivity index (χ3v) is 12.4. The molecule has 0 saturated carbocycles. The summed E-state index contributed by atoms with van der Waals surface area (Å²) in [5.41, 5.74) is 0.366. The lowest BCUT2D eigenvalue weighted by Crippen LogP contribution is -2.56. The highest BCUT2D eigenvalue weighted by atomic mass is 35.5. The number of rotatable bonds is 2. The van der Waals surface area contributed by atoms with Gasteiger partial charge in [0.15, 0.2) is 0 Å². The van der Waals surface area contributed by atoms with Gasteiger partial charge in [0.2, 0.25) is 0 Å². The molecule has 0 aliphatic carbocycles. The summed E-state index contributed by atoms with van der Waals surface area (Å²) in [5, 5.41) is 6.78. The molecule has 6 heterocycles. The Kier molecular flexibility index (Phi) is 22.8. The van der Waals surface area contributed by atoms with Crippen LogP contribution < -0.4 is 10.6 Å². The van der Waals surface area contributed by atoms with Crippen molar-refractivity contribution in [3.8, 4) is 0 Å². The molecule has 6 aliphatic heterocycles. The second-order valence-electron chi connectivity index (χ2n) is 18.3. The Morgan fingerprint density at radius 2 is 1.02 bits per heavy atom. The first-order valence-corrected chi connectivity index (χ1v) is 20.7. The summed E-state index contributed by atoms with van der Waals surface area (Å²) in [4.78, 5) is 32.2. The number of hydrogen-bond acceptors (Lipinski definition) is 8. The van der Waals surface area contributed by atoms with Gasteiger partial charge in [0, 0.05) is 50.1 Å². The smallest absolute Gasteiger partial charge is 0.410 e. The lowest BCUT2D eigenvalue weighted by molar-refractivity contribution is -0.121. The molecule has 0 radical (unpaired) electrons. The van der Waals surface area contributed by atoms with Crippen LogP contribution in [0.15, 0.2) is 0 Å². The minimum Gasteiger partial charge on any atom is -0.444 e. The number of amides is 1. The Morgan fingerprint density at radius 1 is 0.635 bits per heavy atom. The molecule has 2 N–H and O–H groups in total. The van der Waals surface area contributed by atoms with E-state index in [4.69, 9.17) is 4.74 Å². The Labute approximate surface area is 332 Å². The first-order valence-electron chi connectivity index (χ1n) is 20.7. The number of nitrogens with one attached hydrogen (secondary N) is 2. The first kappa shape index (κ1) is 49.3. The van der Waals surface area contributed by atoms with Crippen LogP contribution >= 0.6 is 24.8 Å². The van der Waals surface area contributed by atoms with Crippen molar-refractivity contribution < 1.29 is 14.3 Å². The maximum Gasteiger partial charge on any atom is 0.410 e. The predicted octanol–water partition coefficient (Wildman–Crippen LogP) is 7.50. The number of ether oxygens (including phenoxy) is 1. The summed E-state index contributed by atoms with van der Waals surface area (Å²) >= 11 is 0. The van der Waals surface area contributed by atoms with E-state index in [0.29, 0.717) is 11.3 Å². The maximum absolute atomic E-state index is 12.1. The fraction of sp³-hybridized carbons (Fsp3) is 0.951. The van der Waals surface area contributed by atoms with Gasteiger partial charge in [-0.2, -0.15) is 0 Å². The molecule has 0 spiro atoms. The van der Waals surface area contributed by atoms with Crippen molar-refractivity contribution in [2.24, 2.45) is 17.8 Å². The van der Waals surface area contributed by atoms with Gasteiger partial charge in [-0.25, -0.2) is 4.79 Å². The summed E-state index contributed by atoms with van der Waals surface area (Å²) in [7, 11) is 2.05. The molecule has 6 rings (SSSR count).